The van der Waals surface area contributed by atoms with Gasteiger partial charge in [-0.15, -0.1) is 0 Å². The highest BCUT2D eigenvalue weighted by atomic mass is 15.3. The first-order chi connectivity index (χ1) is 13.8. The van der Waals surface area contributed by atoms with Crippen molar-refractivity contribution in [3.63, 3.8) is 0 Å². The molecule has 0 aliphatic rings. The molecule has 0 saturated heterocycles. The van der Waals surface area contributed by atoms with Gasteiger partial charge < -0.3 is 0 Å². The third-order valence-electron chi connectivity index (χ3n) is 4.75. The molecule has 3 heteroatoms. The van der Waals surface area contributed by atoms with E-state index in [9.17, 15) is 0 Å². The number of aromatic nitrogens is 2. The maximum atomic E-state index is 4.86. The Bertz CT molecular complexity index is 1050. The van der Waals surface area contributed by atoms with Crippen LogP contribution in [0.1, 0.15) is 23.6 Å². The molecule has 0 fully saturated rings. The molecule has 28 heavy (non-hydrogen) atoms. The summed E-state index contributed by atoms with van der Waals surface area (Å²) in [6.07, 6.45) is 5.01. The molecule has 0 atom stereocenters. The topological polar surface area (TPSA) is 30.2 Å². The number of nitrogens with zero attached hydrogens (tertiary/aromatic N) is 3. The Hall–Kier alpha value is -3.46. The molecule has 3 aromatic carbocycles. The van der Waals surface area contributed by atoms with E-state index in [0.717, 1.165) is 28.9 Å². The van der Waals surface area contributed by atoms with Gasteiger partial charge in [0.15, 0.2) is 0 Å². The summed E-state index contributed by atoms with van der Waals surface area (Å²) in [6.45, 7) is 2.83. The van der Waals surface area contributed by atoms with Crippen molar-refractivity contribution >= 4 is 6.21 Å². The van der Waals surface area contributed by atoms with Crippen LogP contribution in [0.5, 0.6) is 0 Å². The molecule has 4 rings (SSSR count). The molecule has 0 aliphatic carbocycles. The van der Waals surface area contributed by atoms with Crippen LogP contribution in [-0.4, -0.2) is 16.0 Å². The minimum Gasteiger partial charge on any atom is -0.288 e. The summed E-state index contributed by atoms with van der Waals surface area (Å²) in [6, 6.07) is 29.1. The van der Waals surface area contributed by atoms with Crippen molar-refractivity contribution in [2.24, 2.45) is 4.99 Å². The second-order valence-corrected chi connectivity index (χ2v) is 6.72. The van der Waals surface area contributed by atoms with Gasteiger partial charge in [-0.2, -0.15) is 5.10 Å². The number of benzene rings is 3. The Labute approximate surface area is 166 Å². The molecule has 4 aromatic rings. The maximum Gasteiger partial charge on any atom is 0.101 e. The smallest absolute Gasteiger partial charge is 0.101 e. The lowest BCUT2D eigenvalue weighted by Crippen LogP contribution is -1.94. The van der Waals surface area contributed by atoms with Gasteiger partial charge in [0.25, 0.3) is 0 Å². The van der Waals surface area contributed by atoms with Crippen LogP contribution in [0.2, 0.25) is 0 Å². The van der Waals surface area contributed by atoms with E-state index in [0.29, 0.717) is 6.54 Å². The van der Waals surface area contributed by atoms with Crippen molar-refractivity contribution in [3.05, 3.63) is 108 Å². The number of hydrogen-bond acceptors (Lipinski definition) is 2. The summed E-state index contributed by atoms with van der Waals surface area (Å²) in [5, 5.41) is 4.86. The predicted molar refractivity (Wildman–Crippen MR) is 116 cm³/mol. The first-order valence-corrected chi connectivity index (χ1v) is 9.61. The molecule has 1 aromatic heterocycles. The van der Waals surface area contributed by atoms with Gasteiger partial charge in [-0.1, -0.05) is 79.7 Å². The minimum absolute atomic E-state index is 0.658. The van der Waals surface area contributed by atoms with E-state index in [1.807, 2.05) is 53.5 Å². The summed E-state index contributed by atoms with van der Waals surface area (Å²) >= 11 is 0. The Morgan fingerprint density at radius 3 is 2.18 bits per heavy atom. The highest BCUT2D eigenvalue weighted by molar-refractivity contribution is 5.88. The normalized spacial score (nSPS) is 11.2. The molecule has 0 spiro atoms. The van der Waals surface area contributed by atoms with Gasteiger partial charge >= 0.3 is 0 Å². The number of rotatable bonds is 6. The van der Waals surface area contributed by atoms with Crippen molar-refractivity contribution in [3.8, 4) is 16.9 Å². The number of para-hydroxylation sites is 1. The predicted octanol–water partition coefficient (Wildman–Crippen LogP) is 5.72. The lowest BCUT2D eigenvalue weighted by atomic mass is 10.1. The van der Waals surface area contributed by atoms with Crippen molar-refractivity contribution < 1.29 is 0 Å². The molecule has 0 bridgehead atoms. The number of aryl methyl sites for hydroxylation is 1. The molecule has 3 nitrogen and oxygen atoms in total. The fraction of sp³-hybridized carbons (Fsp3) is 0.120. The molecule has 0 saturated carbocycles. The average molecular weight is 365 g/mol. The Kier molecular flexibility index (Phi) is 5.43. The van der Waals surface area contributed by atoms with E-state index < -0.39 is 0 Å². The van der Waals surface area contributed by atoms with Crippen LogP contribution in [-0.2, 0) is 13.0 Å². The first kappa shape index (κ1) is 17.9. The summed E-state index contributed by atoms with van der Waals surface area (Å²) in [5.74, 6) is 0. The molecule has 0 aliphatic heterocycles. The molecular formula is C25H23N3. The van der Waals surface area contributed by atoms with Gasteiger partial charge in [0.05, 0.1) is 12.2 Å². The van der Waals surface area contributed by atoms with Gasteiger partial charge in [0.1, 0.15) is 5.69 Å². The SMILES string of the molecule is CCc1ccc(-c2nn(-c3ccccc3)cc2C=NCc2ccccc2)cc1. The minimum atomic E-state index is 0.658. The highest BCUT2D eigenvalue weighted by Gasteiger charge is 2.11. The maximum absolute atomic E-state index is 4.86. The van der Waals surface area contributed by atoms with Crippen LogP contribution in [0, 0.1) is 0 Å². The fourth-order valence-corrected chi connectivity index (χ4v) is 3.15. The van der Waals surface area contributed by atoms with Crippen molar-refractivity contribution in [1.29, 1.82) is 0 Å². The molecule has 138 valence electrons. The van der Waals surface area contributed by atoms with Crippen LogP contribution in [0.15, 0.2) is 96.1 Å². The highest BCUT2D eigenvalue weighted by Crippen LogP contribution is 2.23. The van der Waals surface area contributed by atoms with E-state index >= 15 is 0 Å². The molecule has 1 heterocycles. The molecular weight excluding hydrogens is 342 g/mol. The lowest BCUT2D eigenvalue weighted by Gasteiger charge is -2.02. The van der Waals surface area contributed by atoms with Gasteiger partial charge in [-0.05, 0) is 29.7 Å². The zero-order valence-electron chi connectivity index (χ0n) is 16.0. The van der Waals surface area contributed by atoms with Gasteiger partial charge in [0.2, 0.25) is 0 Å². The average Bonchev–Trinajstić information content (AvgIpc) is 3.19. The lowest BCUT2D eigenvalue weighted by molar-refractivity contribution is 0.884. The number of hydrogen-bond donors (Lipinski definition) is 0. The quantitative estimate of drug-likeness (QED) is 0.402. The molecule has 0 radical (unpaired) electrons. The zero-order valence-corrected chi connectivity index (χ0v) is 16.0. The summed E-state index contributed by atoms with van der Waals surface area (Å²) in [4.78, 5) is 4.66. The zero-order chi connectivity index (χ0) is 19.2. The second kappa shape index (κ2) is 8.49. The van der Waals surface area contributed by atoms with E-state index in [4.69, 9.17) is 5.10 Å². The third kappa shape index (κ3) is 4.09. The van der Waals surface area contributed by atoms with Crippen molar-refractivity contribution in [2.75, 3.05) is 0 Å². The Morgan fingerprint density at radius 1 is 0.821 bits per heavy atom. The number of aliphatic imine (C=N–C) groups is 1. The van der Waals surface area contributed by atoms with Gasteiger partial charge in [-0.25, -0.2) is 4.68 Å². The first-order valence-electron chi connectivity index (χ1n) is 9.61. The van der Waals surface area contributed by atoms with E-state index in [1.165, 1.54) is 11.1 Å². The van der Waals surface area contributed by atoms with E-state index in [-0.39, 0.29) is 0 Å². The van der Waals surface area contributed by atoms with Gasteiger partial charge in [-0.3, -0.25) is 4.99 Å². The van der Waals surface area contributed by atoms with Crippen molar-refractivity contribution in [1.82, 2.24) is 9.78 Å². The van der Waals surface area contributed by atoms with Crippen LogP contribution in [0.3, 0.4) is 0 Å². The van der Waals surface area contributed by atoms with E-state index in [2.05, 4.69) is 60.4 Å². The van der Waals surface area contributed by atoms with Crippen molar-refractivity contribution in [2.45, 2.75) is 19.9 Å². The summed E-state index contributed by atoms with van der Waals surface area (Å²) < 4.78 is 1.92. The van der Waals surface area contributed by atoms with Crippen LogP contribution < -0.4 is 0 Å². The third-order valence-corrected chi connectivity index (χ3v) is 4.75. The Morgan fingerprint density at radius 2 is 1.50 bits per heavy atom. The van der Waals surface area contributed by atoms with E-state index in [1.54, 1.807) is 0 Å². The largest absolute Gasteiger partial charge is 0.288 e. The molecule has 0 N–H and O–H groups in total. The Balaban J connectivity index is 1.69. The van der Waals surface area contributed by atoms with Crippen LogP contribution in [0.25, 0.3) is 16.9 Å². The van der Waals surface area contributed by atoms with Gasteiger partial charge in [0, 0.05) is 23.5 Å². The fourth-order valence-electron chi connectivity index (χ4n) is 3.15. The second-order valence-electron chi connectivity index (χ2n) is 6.72. The standard InChI is InChI=1S/C25H23N3/c1-2-20-13-15-22(16-14-20)25-23(18-26-17-21-9-5-3-6-10-21)19-28(27-25)24-11-7-4-8-12-24/h3-16,18-19H,2,17H2,1H3. The van der Waals surface area contributed by atoms with Crippen LogP contribution in [0.4, 0.5) is 0 Å². The monoisotopic (exact) mass is 365 g/mol. The molecule has 0 unspecified atom stereocenters. The summed E-state index contributed by atoms with van der Waals surface area (Å²) in [7, 11) is 0. The molecule has 0 amide bonds. The summed E-state index contributed by atoms with van der Waals surface area (Å²) in [5.41, 5.74) is 6.63. The van der Waals surface area contributed by atoms with Crippen LogP contribution >= 0.6 is 0 Å².